The molecule has 13 heavy (non-hydrogen) atoms. The Balaban J connectivity index is 0.000000845. The van der Waals surface area contributed by atoms with Crippen molar-refractivity contribution in [2.75, 3.05) is 20.1 Å². The van der Waals surface area contributed by atoms with Gasteiger partial charge >= 0.3 is 0 Å². The van der Waals surface area contributed by atoms with Gasteiger partial charge in [-0.2, -0.15) is 0 Å². The van der Waals surface area contributed by atoms with Gasteiger partial charge in [0.15, 0.2) is 0 Å². The molecule has 2 heteroatoms. The molecule has 2 aliphatic heterocycles. The second-order valence-electron chi connectivity index (χ2n) is 5.21. The van der Waals surface area contributed by atoms with Gasteiger partial charge in [0, 0.05) is 6.42 Å². The smallest absolute Gasteiger partial charge is 0.0890 e. The highest BCUT2D eigenvalue weighted by molar-refractivity contribution is 4.73. The van der Waals surface area contributed by atoms with Gasteiger partial charge in [0.05, 0.1) is 26.2 Å². The molecule has 3 unspecified atom stereocenters. The van der Waals surface area contributed by atoms with Gasteiger partial charge in [0.2, 0.25) is 0 Å². The summed E-state index contributed by atoms with van der Waals surface area (Å²) in [6, 6.07) is 1.02. The molecule has 0 saturated carbocycles. The zero-order valence-corrected chi connectivity index (χ0v) is 11.1. The summed E-state index contributed by atoms with van der Waals surface area (Å²) < 4.78 is 1.41. The van der Waals surface area contributed by atoms with Crippen molar-refractivity contribution in [3.05, 3.63) is 0 Å². The summed E-state index contributed by atoms with van der Waals surface area (Å²) in [4.78, 5) is 0. The third-order valence-electron chi connectivity index (χ3n) is 4.14. The van der Waals surface area contributed by atoms with Crippen molar-refractivity contribution >= 4 is 0 Å². The van der Waals surface area contributed by atoms with Crippen LogP contribution in [-0.2, 0) is 0 Å². The lowest BCUT2D eigenvalue weighted by atomic mass is 9.85. The monoisotopic (exact) mass is 295 g/mol. The highest BCUT2D eigenvalue weighted by Crippen LogP contribution is 2.34. The predicted octanol–water partition coefficient (Wildman–Crippen LogP) is -0.581. The van der Waals surface area contributed by atoms with Gasteiger partial charge in [-0.1, -0.05) is 6.92 Å². The van der Waals surface area contributed by atoms with Crippen molar-refractivity contribution in [3.63, 3.8) is 0 Å². The van der Waals surface area contributed by atoms with Crippen LogP contribution >= 0.6 is 0 Å². The van der Waals surface area contributed by atoms with E-state index in [4.69, 9.17) is 0 Å². The molecule has 0 aromatic rings. The van der Waals surface area contributed by atoms with Gasteiger partial charge < -0.3 is 28.5 Å². The van der Waals surface area contributed by atoms with Crippen molar-refractivity contribution < 1.29 is 28.5 Å². The zero-order chi connectivity index (χ0) is 8.60. The van der Waals surface area contributed by atoms with E-state index in [9.17, 15) is 0 Å². The predicted molar refractivity (Wildman–Crippen MR) is 52.0 cm³/mol. The van der Waals surface area contributed by atoms with Crippen LogP contribution in [0.5, 0.6) is 0 Å². The van der Waals surface area contributed by atoms with Crippen LogP contribution < -0.4 is 24.0 Å². The molecule has 0 bridgehead atoms. The molecule has 0 N–H and O–H groups in total. The van der Waals surface area contributed by atoms with Crippen LogP contribution in [-0.4, -0.2) is 30.7 Å². The number of rotatable bonds is 0. The Kier molecular flexibility index (Phi) is 4.05. The van der Waals surface area contributed by atoms with E-state index in [0.717, 1.165) is 12.0 Å². The molecule has 2 saturated heterocycles. The lowest BCUT2D eigenvalue weighted by Crippen LogP contribution is -3.00. The fourth-order valence-electron chi connectivity index (χ4n) is 3.11. The lowest BCUT2D eigenvalue weighted by molar-refractivity contribution is -0.944. The fourth-order valence-corrected chi connectivity index (χ4v) is 3.11. The second-order valence-corrected chi connectivity index (χ2v) is 5.21. The normalized spacial score (nSPS) is 44.8. The minimum Gasteiger partial charge on any atom is -1.00 e. The van der Waals surface area contributed by atoms with Crippen LogP contribution in [0, 0.1) is 5.92 Å². The molecule has 0 aromatic heterocycles. The first kappa shape index (κ1) is 11.8. The van der Waals surface area contributed by atoms with Gasteiger partial charge in [-0.3, -0.25) is 0 Å². The first-order valence-electron chi connectivity index (χ1n) is 5.55. The van der Waals surface area contributed by atoms with Crippen molar-refractivity contribution in [2.45, 2.75) is 45.1 Å². The third kappa shape index (κ3) is 2.38. The Bertz CT molecular complexity index is 171. The van der Waals surface area contributed by atoms with Crippen molar-refractivity contribution in [1.82, 2.24) is 0 Å². The molecule has 2 heterocycles. The maximum Gasteiger partial charge on any atom is 0.0890 e. The number of nitrogens with zero attached hydrogens (tertiary/aromatic N) is 1. The molecular weight excluding hydrogens is 273 g/mol. The van der Waals surface area contributed by atoms with Gasteiger partial charge in [-0.15, -0.1) is 0 Å². The third-order valence-corrected chi connectivity index (χ3v) is 4.14. The molecule has 1 nitrogen and oxygen atoms in total. The summed E-state index contributed by atoms with van der Waals surface area (Å²) in [6.07, 6.45) is 7.43. The van der Waals surface area contributed by atoms with Gasteiger partial charge in [-0.05, 0) is 31.6 Å². The van der Waals surface area contributed by atoms with Gasteiger partial charge in [-0.25, -0.2) is 0 Å². The second kappa shape index (κ2) is 4.47. The maximum atomic E-state index is 2.48. The van der Waals surface area contributed by atoms with E-state index in [1.165, 1.54) is 49.7 Å². The number of quaternary nitrogens is 1. The van der Waals surface area contributed by atoms with E-state index in [0.29, 0.717) is 0 Å². The van der Waals surface area contributed by atoms with Crippen molar-refractivity contribution in [1.29, 1.82) is 0 Å². The van der Waals surface area contributed by atoms with Crippen LogP contribution in [0.1, 0.15) is 39.0 Å². The molecule has 0 spiro atoms. The summed E-state index contributed by atoms with van der Waals surface area (Å²) in [7, 11) is 2.48. The first-order valence-corrected chi connectivity index (χ1v) is 5.55. The fraction of sp³-hybridized carbons (Fsp3) is 1.00. The Labute approximate surface area is 99.5 Å². The molecule has 0 aromatic carbocycles. The quantitative estimate of drug-likeness (QED) is 0.414. The summed E-state index contributed by atoms with van der Waals surface area (Å²) >= 11 is 0. The van der Waals surface area contributed by atoms with Gasteiger partial charge in [0.25, 0.3) is 0 Å². The topological polar surface area (TPSA) is 0 Å². The molecule has 2 fully saturated rings. The average Bonchev–Trinajstić information content (AvgIpc) is 2.06. The van der Waals surface area contributed by atoms with E-state index in [-0.39, 0.29) is 24.0 Å². The Hall–Kier alpha value is 0.690. The largest absolute Gasteiger partial charge is 1.00 e. The minimum atomic E-state index is 0. The maximum absolute atomic E-state index is 2.48. The number of hydrogen-bond donors (Lipinski definition) is 0. The molecule has 78 valence electrons. The zero-order valence-electron chi connectivity index (χ0n) is 8.93. The van der Waals surface area contributed by atoms with Crippen LogP contribution in [0.3, 0.4) is 0 Å². The highest BCUT2D eigenvalue weighted by Gasteiger charge is 2.39. The Morgan fingerprint density at radius 1 is 1.08 bits per heavy atom. The average molecular weight is 295 g/mol. The van der Waals surface area contributed by atoms with Crippen molar-refractivity contribution in [3.8, 4) is 0 Å². The van der Waals surface area contributed by atoms with E-state index in [1.54, 1.807) is 0 Å². The van der Waals surface area contributed by atoms with Gasteiger partial charge in [0.1, 0.15) is 0 Å². The molecule has 0 aliphatic carbocycles. The molecule has 0 radical (unpaired) electrons. The van der Waals surface area contributed by atoms with Crippen molar-refractivity contribution in [2.24, 2.45) is 5.92 Å². The van der Waals surface area contributed by atoms with Crippen LogP contribution in [0.15, 0.2) is 0 Å². The summed E-state index contributed by atoms with van der Waals surface area (Å²) in [6.45, 7) is 5.33. The standard InChI is InChI=1S/C11H22N.HI/c1-10-6-8-12(2)7-4-3-5-11(12)9-10;/h10-11H,3-9H2,1-2H3;1H/q+1;/p-1. The SMILES string of the molecule is CC1CC[N+]2(C)CCCCC2C1.[I-]. The number of fused-ring (bicyclic) bond motifs is 1. The van der Waals surface area contributed by atoms with Crippen LogP contribution in [0.25, 0.3) is 0 Å². The van der Waals surface area contributed by atoms with E-state index in [2.05, 4.69) is 14.0 Å². The highest BCUT2D eigenvalue weighted by atomic mass is 127. The van der Waals surface area contributed by atoms with E-state index >= 15 is 0 Å². The number of halogens is 1. The van der Waals surface area contributed by atoms with Crippen LogP contribution in [0.4, 0.5) is 0 Å². The molecule has 3 atom stereocenters. The number of piperidine rings is 2. The molecule has 0 amide bonds. The summed E-state index contributed by atoms with van der Waals surface area (Å²) in [5.41, 5.74) is 0. The number of hydrogen-bond acceptors (Lipinski definition) is 0. The lowest BCUT2D eigenvalue weighted by Gasteiger charge is -2.49. The Morgan fingerprint density at radius 2 is 1.85 bits per heavy atom. The molecular formula is C11H22IN. The van der Waals surface area contributed by atoms with E-state index < -0.39 is 0 Å². The van der Waals surface area contributed by atoms with Crippen LogP contribution in [0.2, 0.25) is 0 Å². The molecule has 2 rings (SSSR count). The summed E-state index contributed by atoms with van der Waals surface area (Å²) in [5.74, 6) is 0.999. The first-order chi connectivity index (χ1) is 5.71. The summed E-state index contributed by atoms with van der Waals surface area (Å²) in [5, 5.41) is 0. The molecule has 2 aliphatic rings. The minimum absolute atomic E-state index is 0. The Morgan fingerprint density at radius 3 is 2.62 bits per heavy atom. The van der Waals surface area contributed by atoms with E-state index in [1.807, 2.05) is 0 Å².